The van der Waals surface area contributed by atoms with Gasteiger partial charge in [0.15, 0.2) is 5.82 Å². The third kappa shape index (κ3) is 2.43. The van der Waals surface area contributed by atoms with Crippen LogP contribution in [0.4, 0.5) is 0 Å². The lowest BCUT2D eigenvalue weighted by Gasteiger charge is -2.12. The standard InChI is InChI=1S/C17H20N4/c1-11(2)21-16-7-4-12(3)8-15(16)20-17(21)14-6-5-13(9-18)10-19-14/h4-8,10-11H,9,18H2,1-3H3. The summed E-state index contributed by atoms with van der Waals surface area (Å²) in [7, 11) is 0. The van der Waals surface area contributed by atoms with Gasteiger partial charge in [0.25, 0.3) is 0 Å². The van der Waals surface area contributed by atoms with Gasteiger partial charge in [-0.15, -0.1) is 0 Å². The molecule has 4 nitrogen and oxygen atoms in total. The maximum Gasteiger partial charge on any atom is 0.160 e. The Balaban J connectivity index is 2.22. The van der Waals surface area contributed by atoms with E-state index >= 15 is 0 Å². The average Bonchev–Trinajstić information content (AvgIpc) is 2.85. The highest BCUT2D eigenvalue weighted by molar-refractivity contribution is 5.81. The fourth-order valence-corrected chi connectivity index (χ4v) is 2.59. The first-order valence-electron chi connectivity index (χ1n) is 7.24. The highest BCUT2D eigenvalue weighted by Gasteiger charge is 2.15. The van der Waals surface area contributed by atoms with Crippen LogP contribution in [0.2, 0.25) is 0 Å². The molecule has 0 amide bonds. The summed E-state index contributed by atoms with van der Waals surface area (Å²) in [6.07, 6.45) is 1.82. The molecular formula is C17H20N4. The van der Waals surface area contributed by atoms with E-state index in [9.17, 15) is 0 Å². The monoisotopic (exact) mass is 280 g/mol. The third-order valence-electron chi connectivity index (χ3n) is 3.65. The Kier molecular flexibility index (Phi) is 3.47. The van der Waals surface area contributed by atoms with Crippen LogP contribution in [0, 0.1) is 6.92 Å². The fraction of sp³-hybridized carbons (Fsp3) is 0.294. The van der Waals surface area contributed by atoms with Crippen LogP contribution in [-0.2, 0) is 6.54 Å². The van der Waals surface area contributed by atoms with Crippen molar-refractivity contribution in [3.63, 3.8) is 0 Å². The Morgan fingerprint density at radius 2 is 2.00 bits per heavy atom. The van der Waals surface area contributed by atoms with E-state index in [1.807, 2.05) is 18.3 Å². The summed E-state index contributed by atoms with van der Waals surface area (Å²) in [5, 5.41) is 0. The molecule has 21 heavy (non-hydrogen) atoms. The van der Waals surface area contributed by atoms with Crippen molar-refractivity contribution < 1.29 is 0 Å². The first-order chi connectivity index (χ1) is 10.1. The molecule has 0 aliphatic heterocycles. The van der Waals surface area contributed by atoms with E-state index in [4.69, 9.17) is 10.7 Å². The van der Waals surface area contributed by atoms with Crippen molar-refractivity contribution in [1.29, 1.82) is 0 Å². The predicted octanol–water partition coefficient (Wildman–Crippen LogP) is 3.45. The summed E-state index contributed by atoms with van der Waals surface area (Å²) in [5.74, 6) is 0.911. The number of hydrogen-bond donors (Lipinski definition) is 1. The molecule has 0 atom stereocenters. The highest BCUT2D eigenvalue weighted by atomic mass is 15.1. The first-order valence-corrected chi connectivity index (χ1v) is 7.24. The van der Waals surface area contributed by atoms with Gasteiger partial charge in [-0.05, 0) is 50.1 Å². The molecule has 0 fully saturated rings. The van der Waals surface area contributed by atoms with Crippen LogP contribution in [0.5, 0.6) is 0 Å². The number of fused-ring (bicyclic) bond motifs is 1. The number of benzene rings is 1. The van der Waals surface area contributed by atoms with Gasteiger partial charge in [-0.1, -0.05) is 12.1 Å². The molecule has 3 aromatic rings. The molecule has 1 aromatic carbocycles. The van der Waals surface area contributed by atoms with Gasteiger partial charge in [0, 0.05) is 18.8 Å². The molecule has 2 aromatic heterocycles. The highest BCUT2D eigenvalue weighted by Crippen LogP contribution is 2.27. The summed E-state index contributed by atoms with van der Waals surface area (Å²) in [6, 6.07) is 10.7. The SMILES string of the molecule is Cc1ccc2c(c1)nc(-c1ccc(CN)cn1)n2C(C)C. The number of aryl methyl sites for hydroxylation is 1. The molecule has 0 saturated carbocycles. The second-order valence-corrected chi connectivity index (χ2v) is 5.65. The van der Waals surface area contributed by atoms with Crippen LogP contribution >= 0.6 is 0 Å². The Bertz CT molecular complexity index is 769. The van der Waals surface area contributed by atoms with Crippen LogP contribution in [-0.4, -0.2) is 14.5 Å². The summed E-state index contributed by atoms with van der Waals surface area (Å²) in [6.45, 7) is 6.92. The Morgan fingerprint density at radius 1 is 1.19 bits per heavy atom. The number of nitrogens with zero attached hydrogens (tertiary/aromatic N) is 3. The van der Waals surface area contributed by atoms with E-state index in [2.05, 4.69) is 48.5 Å². The fourth-order valence-electron chi connectivity index (χ4n) is 2.59. The summed E-state index contributed by atoms with van der Waals surface area (Å²) in [5.41, 5.74) is 10.9. The van der Waals surface area contributed by atoms with Crippen molar-refractivity contribution in [3.05, 3.63) is 47.7 Å². The smallest absolute Gasteiger partial charge is 0.160 e. The molecule has 0 aliphatic rings. The Labute approximate surface area is 124 Å². The molecule has 0 aliphatic carbocycles. The number of imidazole rings is 1. The normalized spacial score (nSPS) is 11.5. The third-order valence-corrected chi connectivity index (χ3v) is 3.65. The van der Waals surface area contributed by atoms with Gasteiger partial charge in [-0.3, -0.25) is 4.98 Å². The van der Waals surface area contributed by atoms with Crippen LogP contribution in [0.15, 0.2) is 36.5 Å². The summed E-state index contributed by atoms with van der Waals surface area (Å²) < 4.78 is 2.24. The lowest BCUT2D eigenvalue weighted by molar-refractivity contribution is 0.623. The van der Waals surface area contributed by atoms with Gasteiger partial charge in [0.05, 0.1) is 11.0 Å². The zero-order chi connectivity index (χ0) is 15.0. The second-order valence-electron chi connectivity index (χ2n) is 5.65. The lowest BCUT2D eigenvalue weighted by Crippen LogP contribution is -2.04. The van der Waals surface area contributed by atoms with Crippen molar-refractivity contribution in [2.24, 2.45) is 5.73 Å². The van der Waals surface area contributed by atoms with Gasteiger partial charge < -0.3 is 10.3 Å². The Morgan fingerprint density at radius 3 is 2.62 bits per heavy atom. The van der Waals surface area contributed by atoms with E-state index in [0.717, 1.165) is 28.1 Å². The molecule has 0 bridgehead atoms. The van der Waals surface area contributed by atoms with Gasteiger partial charge >= 0.3 is 0 Å². The van der Waals surface area contributed by atoms with Crippen LogP contribution in [0.3, 0.4) is 0 Å². The minimum atomic E-state index is 0.323. The van der Waals surface area contributed by atoms with Gasteiger partial charge in [0.1, 0.15) is 5.69 Å². The van der Waals surface area contributed by atoms with Crippen LogP contribution in [0.25, 0.3) is 22.6 Å². The number of rotatable bonds is 3. The molecule has 108 valence electrons. The zero-order valence-electron chi connectivity index (χ0n) is 12.7. The lowest BCUT2D eigenvalue weighted by atomic mass is 10.2. The van der Waals surface area contributed by atoms with Gasteiger partial charge in [-0.25, -0.2) is 4.98 Å². The minimum Gasteiger partial charge on any atom is -0.326 e. The zero-order valence-corrected chi connectivity index (χ0v) is 12.7. The Hall–Kier alpha value is -2.20. The molecule has 0 saturated heterocycles. The number of pyridine rings is 1. The minimum absolute atomic E-state index is 0.323. The number of hydrogen-bond acceptors (Lipinski definition) is 3. The predicted molar refractivity (Wildman–Crippen MR) is 86.0 cm³/mol. The van der Waals surface area contributed by atoms with Crippen molar-refractivity contribution >= 4 is 11.0 Å². The largest absolute Gasteiger partial charge is 0.326 e. The van der Waals surface area contributed by atoms with Gasteiger partial charge in [-0.2, -0.15) is 0 Å². The van der Waals surface area contributed by atoms with Crippen molar-refractivity contribution in [3.8, 4) is 11.5 Å². The maximum absolute atomic E-state index is 5.63. The number of aromatic nitrogens is 3. The summed E-state index contributed by atoms with van der Waals surface area (Å²) >= 11 is 0. The van der Waals surface area contributed by atoms with E-state index in [-0.39, 0.29) is 0 Å². The van der Waals surface area contributed by atoms with Crippen LogP contribution in [0.1, 0.15) is 31.0 Å². The van der Waals surface area contributed by atoms with Crippen molar-refractivity contribution in [2.75, 3.05) is 0 Å². The van der Waals surface area contributed by atoms with E-state index in [1.54, 1.807) is 0 Å². The van der Waals surface area contributed by atoms with Crippen LogP contribution < -0.4 is 5.73 Å². The number of nitrogens with two attached hydrogens (primary N) is 1. The second kappa shape index (κ2) is 5.30. The quantitative estimate of drug-likeness (QED) is 0.799. The topological polar surface area (TPSA) is 56.7 Å². The molecule has 2 N–H and O–H groups in total. The molecule has 0 radical (unpaired) electrons. The van der Waals surface area contributed by atoms with E-state index < -0.39 is 0 Å². The molecule has 0 spiro atoms. The molecule has 2 heterocycles. The first kappa shape index (κ1) is 13.8. The van der Waals surface area contributed by atoms with Crippen molar-refractivity contribution in [2.45, 2.75) is 33.4 Å². The van der Waals surface area contributed by atoms with E-state index in [0.29, 0.717) is 12.6 Å². The summed E-state index contributed by atoms with van der Waals surface area (Å²) in [4.78, 5) is 9.31. The van der Waals surface area contributed by atoms with E-state index in [1.165, 1.54) is 5.56 Å². The average molecular weight is 280 g/mol. The molecular weight excluding hydrogens is 260 g/mol. The maximum atomic E-state index is 5.63. The van der Waals surface area contributed by atoms with Gasteiger partial charge in [0.2, 0.25) is 0 Å². The van der Waals surface area contributed by atoms with Crippen molar-refractivity contribution in [1.82, 2.24) is 14.5 Å². The molecule has 3 rings (SSSR count). The molecule has 4 heteroatoms. The molecule has 0 unspecified atom stereocenters.